The molecular weight excluding hydrogens is 272 g/mol. The largest absolute Gasteiger partial charge is 0.463 e. The predicted molar refractivity (Wildman–Crippen MR) is 67.0 cm³/mol. The Bertz CT molecular complexity index is 624. The number of rotatable bonds is 3. The van der Waals surface area contributed by atoms with Crippen LogP contribution < -0.4 is 11.2 Å². The summed E-state index contributed by atoms with van der Waals surface area (Å²) in [5.74, 6) is -0.351. The van der Waals surface area contributed by atoms with Gasteiger partial charge < -0.3 is 9.47 Å². The lowest BCUT2D eigenvalue weighted by Crippen LogP contribution is -2.33. The Balaban J connectivity index is 1.76. The molecule has 8 heteroatoms. The summed E-state index contributed by atoms with van der Waals surface area (Å²) in [6, 6.07) is 1.28. The van der Waals surface area contributed by atoms with Crippen molar-refractivity contribution in [1.82, 2.24) is 9.55 Å². The second kappa shape index (κ2) is 4.53. The zero-order valence-electron chi connectivity index (χ0n) is 10.1. The summed E-state index contributed by atoms with van der Waals surface area (Å²) in [5, 5.41) is 0.410. The highest BCUT2D eigenvalue weighted by atomic mass is 32.2. The highest BCUT2D eigenvalue weighted by Crippen LogP contribution is 2.56. The summed E-state index contributed by atoms with van der Waals surface area (Å²) in [4.78, 5) is 35.7. The first-order valence-electron chi connectivity index (χ1n) is 5.82. The van der Waals surface area contributed by atoms with Crippen LogP contribution in [0.4, 0.5) is 0 Å². The van der Waals surface area contributed by atoms with Crippen LogP contribution in [0.3, 0.4) is 0 Å². The monoisotopic (exact) mass is 284 g/mol. The number of hydrogen-bond donors (Lipinski definition) is 1. The van der Waals surface area contributed by atoms with Crippen LogP contribution in [0.5, 0.6) is 0 Å². The van der Waals surface area contributed by atoms with Gasteiger partial charge in [-0.25, -0.2) is 4.79 Å². The molecule has 2 aliphatic rings. The molecular formula is C11H12N2O5S. The Morgan fingerprint density at radius 2 is 2.32 bits per heavy atom. The van der Waals surface area contributed by atoms with Crippen molar-refractivity contribution >= 4 is 17.7 Å². The van der Waals surface area contributed by atoms with Crippen molar-refractivity contribution in [3.63, 3.8) is 0 Å². The van der Waals surface area contributed by atoms with E-state index in [0.717, 1.165) is 0 Å². The second-order valence-electron chi connectivity index (χ2n) is 4.45. The van der Waals surface area contributed by atoms with E-state index in [-0.39, 0.29) is 29.2 Å². The molecule has 0 radical (unpaired) electrons. The molecule has 19 heavy (non-hydrogen) atoms. The van der Waals surface area contributed by atoms with Crippen molar-refractivity contribution in [2.75, 3.05) is 6.61 Å². The summed E-state index contributed by atoms with van der Waals surface area (Å²) < 4.78 is 12.0. The van der Waals surface area contributed by atoms with Crippen LogP contribution in [0.15, 0.2) is 21.9 Å². The average molecular weight is 284 g/mol. The van der Waals surface area contributed by atoms with Gasteiger partial charge >= 0.3 is 11.7 Å². The van der Waals surface area contributed by atoms with Gasteiger partial charge in [0.2, 0.25) is 0 Å². The van der Waals surface area contributed by atoms with Gasteiger partial charge in [-0.2, -0.15) is 0 Å². The maximum Gasteiger partial charge on any atom is 0.330 e. The number of esters is 1. The van der Waals surface area contributed by atoms with Crippen LogP contribution in [0.2, 0.25) is 0 Å². The van der Waals surface area contributed by atoms with E-state index in [2.05, 4.69) is 4.98 Å². The van der Waals surface area contributed by atoms with Gasteiger partial charge in [0.25, 0.3) is 5.56 Å². The lowest BCUT2D eigenvalue weighted by Gasteiger charge is -2.18. The van der Waals surface area contributed by atoms with Gasteiger partial charge in [-0.15, -0.1) is 11.8 Å². The molecule has 3 rings (SSSR count). The van der Waals surface area contributed by atoms with Gasteiger partial charge in [-0.05, 0) is 0 Å². The average Bonchev–Trinajstić information content (AvgIpc) is 3.04. The van der Waals surface area contributed by atoms with Crippen molar-refractivity contribution < 1.29 is 14.3 Å². The van der Waals surface area contributed by atoms with E-state index in [9.17, 15) is 14.4 Å². The fourth-order valence-electron chi connectivity index (χ4n) is 2.18. The van der Waals surface area contributed by atoms with Gasteiger partial charge in [0.1, 0.15) is 12.7 Å². The summed E-state index contributed by atoms with van der Waals surface area (Å²) in [5.41, 5.74) is -0.924. The molecule has 1 N–H and O–H groups in total. The minimum atomic E-state index is -0.489. The third-order valence-corrected chi connectivity index (χ3v) is 4.54. The first-order valence-corrected chi connectivity index (χ1v) is 6.76. The van der Waals surface area contributed by atoms with E-state index in [4.69, 9.17) is 9.47 Å². The fraction of sp³-hybridized carbons (Fsp3) is 0.545. The molecule has 1 aromatic heterocycles. The number of carbonyl (C=O) groups is 1. The molecule has 3 heterocycles. The van der Waals surface area contributed by atoms with Crippen LogP contribution in [0, 0.1) is 0 Å². The summed E-state index contributed by atoms with van der Waals surface area (Å²) >= 11 is 1.69. The Kier molecular flexibility index (Phi) is 2.98. The van der Waals surface area contributed by atoms with E-state index in [1.807, 2.05) is 0 Å². The Labute approximate surface area is 111 Å². The van der Waals surface area contributed by atoms with Crippen molar-refractivity contribution in [3.05, 3.63) is 33.1 Å². The molecule has 0 aliphatic carbocycles. The summed E-state index contributed by atoms with van der Waals surface area (Å²) in [7, 11) is 0. The fourth-order valence-corrected chi connectivity index (χ4v) is 3.41. The van der Waals surface area contributed by atoms with Crippen molar-refractivity contribution in [2.45, 2.75) is 29.8 Å². The molecule has 0 saturated carbocycles. The molecule has 0 amide bonds. The summed E-state index contributed by atoms with van der Waals surface area (Å²) in [6.45, 7) is 1.54. The number of H-pyrrole nitrogens is 1. The third-order valence-electron chi connectivity index (χ3n) is 3.10. The molecule has 0 bridgehead atoms. The molecule has 7 nitrogen and oxygen atoms in total. The topological polar surface area (TPSA) is 90.4 Å². The molecule has 1 aromatic rings. The highest BCUT2D eigenvalue weighted by molar-refractivity contribution is 8.07. The summed E-state index contributed by atoms with van der Waals surface area (Å²) in [6.07, 6.45) is 0.804. The number of nitrogens with zero attached hydrogens (tertiary/aromatic N) is 1. The first kappa shape index (κ1) is 12.5. The van der Waals surface area contributed by atoms with E-state index in [1.165, 1.54) is 23.8 Å². The normalized spacial score (nSPS) is 31.8. The van der Waals surface area contributed by atoms with E-state index in [0.29, 0.717) is 0 Å². The maximum atomic E-state index is 11.7. The molecule has 0 aromatic carbocycles. The van der Waals surface area contributed by atoms with Crippen LogP contribution in [0.1, 0.15) is 13.2 Å². The zero-order valence-corrected chi connectivity index (χ0v) is 10.9. The van der Waals surface area contributed by atoms with Gasteiger partial charge in [-0.1, -0.05) is 0 Å². The van der Waals surface area contributed by atoms with Gasteiger partial charge in [0.05, 0.1) is 10.5 Å². The second-order valence-corrected chi connectivity index (χ2v) is 5.81. The van der Waals surface area contributed by atoms with Crippen LogP contribution in [-0.4, -0.2) is 38.7 Å². The number of thioether (sulfide) groups is 1. The highest BCUT2D eigenvalue weighted by Gasteiger charge is 2.58. The Morgan fingerprint density at radius 3 is 3.00 bits per heavy atom. The number of fused-ring (bicyclic) bond motifs is 1. The predicted octanol–water partition coefficient (Wildman–Crippen LogP) is -0.519. The molecule has 2 aliphatic heterocycles. The van der Waals surface area contributed by atoms with Gasteiger partial charge in [0, 0.05) is 19.2 Å². The number of carbonyl (C=O) groups excluding carboxylic acids is 1. The lowest BCUT2D eigenvalue weighted by molar-refractivity contribution is -0.145. The number of aromatic nitrogens is 2. The number of ether oxygens (including phenoxy) is 2. The number of hydrogen-bond acceptors (Lipinski definition) is 6. The molecule has 4 atom stereocenters. The quantitative estimate of drug-likeness (QED) is 0.593. The lowest BCUT2D eigenvalue weighted by atomic mass is 10.2. The van der Waals surface area contributed by atoms with E-state index in [1.54, 1.807) is 11.8 Å². The van der Waals surface area contributed by atoms with Crippen LogP contribution in [-0.2, 0) is 14.3 Å². The van der Waals surface area contributed by atoms with Gasteiger partial charge in [-0.3, -0.25) is 19.1 Å². The standard InChI is InChI=1S/C11H12N2O5S/c1-5(14)17-4-6-8-9(19-8)10(18-6)13-3-2-7(15)12-11(13)16/h2-3,6,8-10H,4H2,1H3,(H,12,15,16)/t6-,8-,9-,10-/m1/s1. The Hall–Kier alpha value is -1.54. The molecule has 0 unspecified atom stereocenters. The molecule has 2 saturated heterocycles. The maximum absolute atomic E-state index is 11.7. The molecule has 0 spiro atoms. The smallest absolute Gasteiger partial charge is 0.330 e. The van der Waals surface area contributed by atoms with Gasteiger partial charge in [0.15, 0.2) is 6.23 Å². The molecule has 2 fully saturated rings. The van der Waals surface area contributed by atoms with Crippen LogP contribution in [0.25, 0.3) is 0 Å². The number of nitrogens with one attached hydrogen (secondary N) is 1. The van der Waals surface area contributed by atoms with Crippen molar-refractivity contribution in [2.24, 2.45) is 0 Å². The number of aromatic amines is 1. The van der Waals surface area contributed by atoms with E-state index >= 15 is 0 Å². The molecule has 102 valence electrons. The van der Waals surface area contributed by atoms with Crippen LogP contribution >= 0.6 is 11.8 Å². The van der Waals surface area contributed by atoms with E-state index < -0.39 is 17.5 Å². The van der Waals surface area contributed by atoms with Crippen molar-refractivity contribution in [1.29, 1.82) is 0 Å². The SMILES string of the molecule is CC(=O)OC[C@H]1O[C@@H](n2ccc(=O)[nH]c2=O)[C@@H]2S[C@@H]21. The minimum Gasteiger partial charge on any atom is -0.463 e. The Morgan fingerprint density at radius 1 is 1.53 bits per heavy atom. The zero-order chi connectivity index (χ0) is 13.6. The minimum absolute atomic E-state index is 0.171. The third kappa shape index (κ3) is 2.33. The van der Waals surface area contributed by atoms with Crippen molar-refractivity contribution in [3.8, 4) is 0 Å². The first-order chi connectivity index (χ1) is 9.06.